The summed E-state index contributed by atoms with van der Waals surface area (Å²) in [6.07, 6.45) is 4.17. The van der Waals surface area contributed by atoms with Crippen molar-refractivity contribution in [1.82, 2.24) is 0 Å². The topological polar surface area (TPSA) is 12.5 Å². The molecule has 0 aromatic carbocycles. The first-order chi connectivity index (χ1) is 3.77. The third kappa shape index (κ3) is 0.163. The lowest BCUT2D eigenvalue weighted by atomic mass is 9.74. The lowest BCUT2D eigenvalue weighted by Crippen LogP contribution is -2.35. The molecule has 3 aliphatic carbocycles. The summed E-state index contributed by atoms with van der Waals surface area (Å²) in [5.41, 5.74) is 0.838. The minimum Gasteiger partial charge on any atom is -0.363 e. The van der Waals surface area contributed by atoms with E-state index in [1.54, 1.807) is 0 Å². The number of ether oxygens (including phenoxy) is 1. The van der Waals surface area contributed by atoms with Crippen LogP contribution in [0.1, 0.15) is 26.2 Å². The highest BCUT2D eigenvalue weighted by Crippen LogP contribution is 2.75. The molecule has 0 N–H and O–H groups in total. The first-order valence-corrected chi connectivity index (χ1v) is 3.47. The van der Waals surface area contributed by atoms with Gasteiger partial charge in [-0.2, -0.15) is 0 Å². The van der Waals surface area contributed by atoms with Crippen molar-refractivity contribution in [2.45, 2.75) is 37.4 Å². The van der Waals surface area contributed by atoms with E-state index in [9.17, 15) is 0 Å². The van der Waals surface area contributed by atoms with Crippen molar-refractivity contribution in [3.05, 3.63) is 0 Å². The van der Waals surface area contributed by atoms with Crippen molar-refractivity contribution >= 4 is 0 Å². The Bertz CT molecular complexity index is 153. The van der Waals surface area contributed by atoms with Gasteiger partial charge in [-0.3, -0.25) is 0 Å². The highest BCUT2D eigenvalue weighted by atomic mass is 16.6. The Hall–Kier alpha value is -0.0400. The van der Waals surface area contributed by atoms with E-state index >= 15 is 0 Å². The number of rotatable bonds is 0. The number of hydrogen-bond donors (Lipinski definition) is 0. The van der Waals surface area contributed by atoms with Crippen LogP contribution in [0.2, 0.25) is 0 Å². The molecule has 4 aliphatic rings. The van der Waals surface area contributed by atoms with E-state index in [4.69, 9.17) is 4.74 Å². The van der Waals surface area contributed by atoms with Crippen LogP contribution in [-0.4, -0.2) is 11.2 Å². The lowest BCUT2D eigenvalue weighted by molar-refractivity contribution is 0.249. The molecule has 4 fully saturated rings. The maximum absolute atomic E-state index is 5.60. The van der Waals surface area contributed by atoms with Crippen LogP contribution in [0, 0.1) is 5.92 Å². The van der Waals surface area contributed by atoms with Crippen LogP contribution in [0.3, 0.4) is 0 Å². The second-order valence-electron chi connectivity index (χ2n) is 3.64. The molecular formula is C7H10O. The molecule has 2 bridgehead atoms. The molecule has 8 heavy (non-hydrogen) atoms. The smallest absolute Gasteiger partial charge is 0.0984 e. The van der Waals surface area contributed by atoms with Gasteiger partial charge in [0, 0.05) is 0 Å². The quantitative estimate of drug-likeness (QED) is 0.428. The Morgan fingerprint density at radius 2 is 2.50 bits per heavy atom. The molecule has 2 unspecified atom stereocenters. The van der Waals surface area contributed by atoms with Crippen LogP contribution in [0.25, 0.3) is 0 Å². The van der Waals surface area contributed by atoms with E-state index in [-0.39, 0.29) is 0 Å². The highest BCUT2D eigenvalue weighted by molar-refractivity contribution is 5.31. The maximum Gasteiger partial charge on any atom is 0.0984 e. The molecule has 1 nitrogen and oxygen atoms in total. The zero-order valence-electron chi connectivity index (χ0n) is 5.11. The third-order valence-corrected chi connectivity index (χ3v) is 3.52. The molecule has 0 aromatic heterocycles. The van der Waals surface area contributed by atoms with Crippen LogP contribution in [0.4, 0.5) is 0 Å². The number of epoxide rings is 1. The zero-order valence-corrected chi connectivity index (χ0v) is 5.11. The Kier molecular flexibility index (Phi) is 0.334. The van der Waals surface area contributed by atoms with Gasteiger partial charge in [0.1, 0.15) is 0 Å². The summed E-state index contributed by atoms with van der Waals surface area (Å²) in [6.45, 7) is 2.27. The normalized spacial score (nSPS) is 73.9. The van der Waals surface area contributed by atoms with Gasteiger partial charge in [-0.05, 0) is 32.1 Å². The Labute approximate surface area is 49.0 Å². The average Bonchev–Trinajstić information content (AvgIpc) is 2.11. The van der Waals surface area contributed by atoms with Crippen molar-refractivity contribution in [3.8, 4) is 0 Å². The fourth-order valence-corrected chi connectivity index (χ4v) is 2.73. The second kappa shape index (κ2) is 0.688. The molecule has 4 rings (SSSR count). The summed E-state index contributed by atoms with van der Waals surface area (Å²) in [5, 5.41) is 0. The first-order valence-electron chi connectivity index (χ1n) is 3.47. The maximum atomic E-state index is 5.60. The van der Waals surface area contributed by atoms with Crippen LogP contribution in [-0.2, 0) is 4.74 Å². The van der Waals surface area contributed by atoms with E-state index in [2.05, 4.69) is 6.92 Å². The van der Waals surface area contributed by atoms with Crippen LogP contribution in [0.15, 0.2) is 0 Å². The summed E-state index contributed by atoms with van der Waals surface area (Å²) in [6, 6.07) is 0. The molecule has 1 aliphatic heterocycles. The van der Waals surface area contributed by atoms with Gasteiger partial charge < -0.3 is 4.74 Å². The lowest BCUT2D eigenvalue weighted by Gasteiger charge is -2.24. The van der Waals surface area contributed by atoms with Crippen molar-refractivity contribution in [2.75, 3.05) is 0 Å². The molecular weight excluding hydrogens is 100 g/mol. The van der Waals surface area contributed by atoms with Crippen molar-refractivity contribution in [3.63, 3.8) is 0 Å². The molecule has 0 aromatic rings. The summed E-state index contributed by atoms with van der Waals surface area (Å²) < 4.78 is 5.60. The zero-order chi connectivity index (χ0) is 5.41. The molecule has 1 heteroatoms. The van der Waals surface area contributed by atoms with Gasteiger partial charge in [0.25, 0.3) is 0 Å². The van der Waals surface area contributed by atoms with Crippen LogP contribution in [0.5, 0.6) is 0 Å². The summed E-state index contributed by atoms with van der Waals surface area (Å²) >= 11 is 0. The average molecular weight is 110 g/mol. The van der Waals surface area contributed by atoms with Crippen molar-refractivity contribution in [2.24, 2.45) is 5.92 Å². The molecule has 0 amide bonds. The molecule has 0 radical (unpaired) electrons. The van der Waals surface area contributed by atoms with Gasteiger partial charge in [-0.15, -0.1) is 0 Å². The Morgan fingerprint density at radius 1 is 1.62 bits per heavy atom. The van der Waals surface area contributed by atoms with Gasteiger partial charge in [-0.25, -0.2) is 0 Å². The number of fused-ring (bicyclic) bond motifs is 1. The van der Waals surface area contributed by atoms with Crippen molar-refractivity contribution < 1.29 is 4.74 Å². The van der Waals surface area contributed by atoms with E-state index in [1.807, 2.05) is 0 Å². The second-order valence-corrected chi connectivity index (χ2v) is 3.64. The van der Waals surface area contributed by atoms with E-state index in [0.717, 1.165) is 5.92 Å². The Morgan fingerprint density at radius 3 is 2.62 bits per heavy atom. The van der Waals surface area contributed by atoms with E-state index in [1.165, 1.54) is 19.3 Å². The van der Waals surface area contributed by atoms with Gasteiger partial charge in [0.2, 0.25) is 0 Å². The van der Waals surface area contributed by atoms with Gasteiger partial charge >= 0.3 is 0 Å². The Balaban J connectivity index is 2.16. The van der Waals surface area contributed by atoms with Gasteiger partial charge in [-0.1, -0.05) is 0 Å². The first kappa shape index (κ1) is 3.89. The summed E-state index contributed by atoms with van der Waals surface area (Å²) in [7, 11) is 0. The van der Waals surface area contributed by atoms with Gasteiger partial charge in [0.15, 0.2) is 0 Å². The van der Waals surface area contributed by atoms with E-state index < -0.39 is 0 Å². The molecule has 3 atom stereocenters. The van der Waals surface area contributed by atoms with Crippen LogP contribution < -0.4 is 0 Å². The van der Waals surface area contributed by atoms with Crippen LogP contribution >= 0.6 is 0 Å². The highest BCUT2D eigenvalue weighted by Gasteiger charge is 2.82. The standard InChI is InChI=1S/C7H10O/c1-6-5-2-3-7(6,4-5)8-6/h5H,2-4H2,1H3/t5?,6?,7-/m1/s1. The minimum atomic E-state index is 0.396. The van der Waals surface area contributed by atoms with E-state index in [0.29, 0.717) is 11.2 Å². The molecule has 3 saturated carbocycles. The fourth-order valence-electron chi connectivity index (χ4n) is 2.73. The SMILES string of the molecule is CC12O[C@@]13CCC2C3. The van der Waals surface area contributed by atoms with Gasteiger partial charge in [0.05, 0.1) is 11.2 Å². The molecule has 1 spiro atoms. The van der Waals surface area contributed by atoms with Crippen molar-refractivity contribution in [1.29, 1.82) is 0 Å². The number of hydrogen-bond acceptors (Lipinski definition) is 1. The molecule has 44 valence electrons. The molecule has 1 heterocycles. The summed E-state index contributed by atoms with van der Waals surface area (Å²) in [4.78, 5) is 0. The fraction of sp³-hybridized carbons (Fsp3) is 1.00. The third-order valence-electron chi connectivity index (χ3n) is 3.52. The predicted octanol–water partition coefficient (Wildman–Crippen LogP) is 1.33. The monoisotopic (exact) mass is 110 g/mol. The largest absolute Gasteiger partial charge is 0.363 e. The predicted molar refractivity (Wildman–Crippen MR) is 29.6 cm³/mol. The minimum absolute atomic E-state index is 0.396. The summed E-state index contributed by atoms with van der Waals surface area (Å²) in [5.74, 6) is 0.947. The molecule has 1 saturated heterocycles.